The van der Waals surface area contributed by atoms with Crippen molar-refractivity contribution < 1.29 is 13.2 Å². The summed E-state index contributed by atoms with van der Waals surface area (Å²) in [4.78, 5) is 14.3. The summed E-state index contributed by atoms with van der Waals surface area (Å²) in [6, 6.07) is 6.24. The average Bonchev–Trinajstić information content (AvgIpc) is 2.57. The standard InChI is InChI=1S/C18H31N3O3S/c1-5-6-12-21(4)13-11-18(22)20-16-7-9-17(10-8-16)25(23,24)19-14-15(2)3/h7-10,15,19H,5-6,11-14H2,1-4H3,(H,20,22). The molecule has 0 aliphatic heterocycles. The molecular weight excluding hydrogens is 338 g/mol. The van der Waals surface area contributed by atoms with E-state index in [0.29, 0.717) is 25.2 Å². The predicted octanol–water partition coefficient (Wildman–Crippen LogP) is 2.68. The monoisotopic (exact) mass is 369 g/mol. The molecule has 1 rings (SSSR count). The van der Waals surface area contributed by atoms with Gasteiger partial charge in [-0.25, -0.2) is 13.1 Å². The highest BCUT2D eigenvalue weighted by Gasteiger charge is 2.14. The molecule has 0 unspecified atom stereocenters. The normalized spacial score (nSPS) is 11.9. The number of hydrogen-bond acceptors (Lipinski definition) is 4. The lowest BCUT2D eigenvalue weighted by Gasteiger charge is -2.15. The molecule has 0 heterocycles. The van der Waals surface area contributed by atoms with Gasteiger partial charge in [0.25, 0.3) is 0 Å². The SMILES string of the molecule is CCCCN(C)CCC(=O)Nc1ccc(S(=O)(=O)NCC(C)C)cc1. The second-order valence-corrected chi connectivity index (χ2v) is 8.49. The molecule has 6 nitrogen and oxygen atoms in total. The van der Waals surface area contributed by atoms with Gasteiger partial charge >= 0.3 is 0 Å². The molecule has 0 atom stereocenters. The molecule has 142 valence electrons. The van der Waals surface area contributed by atoms with Gasteiger partial charge in [0.2, 0.25) is 15.9 Å². The molecular formula is C18H31N3O3S. The first-order valence-corrected chi connectivity index (χ1v) is 10.3. The van der Waals surface area contributed by atoms with Crippen LogP contribution in [-0.4, -0.2) is 45.9 Å². The van der Waals surface area contributed by atoms with E-state index in [1.54, 1.807) is 12.1 Å². The van der Waals surface area contributed by atoms with E-state index in [9.17, 15) is 13.2 Å². The molecule has 1 amide bonds. The summed E-state index contributed by atoms with van der Waals surface area (Å²) in [5, 5.41) is 2.80. The summed E-state index contributed by atoms with van der Waals surface area (Å²) in [5.74, 6) is 0.167. The number of anilines is 1. The summed E-state index contributed by atoms with van der Waals surface area (Å²) in [6.07, 6.45) is 2.67. The Hall–Kier alpha value is -1.44. The lowest BCUT2D eigenvalue weighted by atomic mass is 10.2. The van der Waals surface area contributed by atoms with Gasteiger partial charge in [0.1, 0.15) is 0 Å². The maximum Gasteiger partial charge on any atom is 0.240 e. The fourth-order valence-corrected chi connectivity index (χ4v) is 3.35. The number of rotatable bonds is 11. The molecule has 7 heteroatoms. The lowest BCUT2D eigenvalue weighted by molar-refractivity contribution is -0.116. The van der Waals surface area contributed by atoms with Crippen LogP contribution in [0.5, 0.6) is 0 Å². The maximum atomic E-state index is 12.1. The second kappa shape index (κ2) is 10.5. The van der Waals surface area contributed by atoms with Crippen LogP contribution in [0.4, 0.5) is 5.69 Å². The third kappa shape index (κ3) is 8.47. The Bertz CT molecular complexity index is 627. The zero-order chi connectivity index (χ0) is 18.9. The van der Waals surface area contributed by atoms with Crippen LogP contribution in [0.1, 0.15) is 40.0 Å². The van der Waals surface area contributed by atoms with E-state index < -0.39 is 10.0 Å². The van der Waals surface area contributed by atoms with Crippen molar-refractivity contribution in [3.8, 4) is 0 Å². The molecule has 0 bridgehead atoms. The number of sulfonamides is 1. The minimum absolute atomic E-state index is 0.0723. The first kappa shape index (κ1) is 21.6. The summed E-state index contributed by atoms with van der Waals surface area (Å²) in [7, 11) is -1.49. The zero-order valence-corrected chi connectivity index (χ0v) is 16.5. The zero-order valence-electron chi connectivity index (χ0n) is 15.7. The number of hydrogen-bond donors (Lipinski definition) is 2. The van der Waals surface area contributed by atoms with Gasteiger partial charge in [0.15, 0.2) is 0 Å². The average molecular weight is 370 g/mol. The molecule has 0 aliphatic carbocycles. The molecule has 0 aromatic heterocycles. The van der Waals surface area contributed by atoms with Gasteiger partial charge in [-0.3, -0.25) is 4.79 Å². The highest BCUT2D eigenvalue weighted by atomic mass is 32.2. The fourth-order valence-electron chi connectivity index (χ4n) is 2.13. The van der Waals surface area contributed by atoms with Gasteiger partial charge in [-0.2, -0.15) is 0 Å². The number of nitrogens with one attached hydrogen (secondary N) is 2. The smallest absolute Gasteiger partial charge is 0.240 e. The Morgan fingerprint density at radius 2 is 1.80 bits per heavy atom. The van der Waals surface area contributed by atoms with Crippen molar-refractivity contribution in [3.63, 3.8) is 0 Å². The van der Waals surface area contributed by atoms with Crippen molar-refractivity contribution in [2.75, 3.05) is 32.0 Å². The highest BCUT2D eigenvalue weighted by Crippen LogP contribution is 2.14. The summed E-state index contributed by atoms with van der Waals surface area (Å²) in [5.41, 5.74) is 0.601. The van der Waals surface area contributed by atoms with E-state index in [0.717, 1.165) is 19.4 Å². The van der Waals surface area contributed by atoms with Crippen molar-refractivity contribution >= 4 is 21.6 Å². The Kier molecular flexibility index (Phi) is 9.10. The minimum atomic E-state index is -3.50. The van der Waals surface area contributed by atoms with Crippen LogP contribution in [0.2, 0.25) is 0 Å². The summed E-state index contributed by atoms with van der Waals surface area (Å²) >= 11 is 0. The van der Waals surface area contributed by atoms with Gasteiger partial charge in [-0.05, 0) is 50.2 Å². The van der Waals surface area contributed by atoms with Gasteiger partial charge in [-0.15, -0.1) is 0 Å². The van der Waals surface area contributed by atoms with E-state index in [-0.39, 0.29) is 16.7 Å². The Labute approximate surface area is 152 Å². The van der Waals surface area contributed by atoms with E-state index in [2.05, 4.69) is 21.9 Å². The van der Waals surface area contributed by atoms with Crippen LogP contribution < -0.4 is 10.0 Å². The first-order valence-electron chi connectivity index (χ1n) is 8.82. The minimum Gasteiger partial charge on any atom is -0.326 e. The van der Waals surface area contributed by atoms with E-state index >= 15 is 0 Å². The third-order valence-electron chi connectivity index (χ3n) is 3.74. The molecule has 2 N–H and O–H groups in total. The van der Waals surface area contributed by atoms with Crippen molar-refractivity contribution in [3.05, 3.63) is 24.3 Å². The lowest BCUT2D eigenvalue weighted by Crippen LogP contribution is -2.27. The van der Waals surface area contributed by atoms with Gasteiger partial charge in [-0.1, -0.05) is 27.2 Å². The summed E-state index contributed by atoms with van der Waals surface area (Å²) < 4.78 is 26.8. The third-order valence-corrected chi connectivity index (χ3v) is 5.18. The number of unbranched alkanes of at least 4 members (excludes halogenated alkanes) is 1. The molecule has 0 saturated carbocycles. The first-order chi connectivity index (χ1) is 11.7. The van der Waals surface area contributed by atoms with E-state index in [4.69, 9.17) is 0 Å². The van der Waals surface area contributed by atoms with E-state index in [1.165, 1.54) is 12.1 Å². The van der Waals surface area contributed by atoms with E-state index in [1.807, 2.05) is 20.9 Å². The van der Waals surface area contributed by atoms with Crippen LogP contribution in [0.25, 0.3) is 0 Å². The number of benzene rings is 1. The van der Waals surface area contributed by atoms with Gasteiger partial charge < -0.3 is 10.2 Å². The maximum absolute atomic E-state index is 12.1. The Morgan fingerprint density at radius 3 is 2.36 bits per heavy atom. The van der Waals surface area contributed by atoms with Crippen molar-refractivity contribution in [2.45, 2.75) is 44.9 Å². The Morgan fingerprint density at radius 1 is 1.16 bits per heavy atom. The fraction of sp³-hybridized carbons (Fsp3) is 0.611. The van der Waals surface area contributed by atoms with Crippen molar-refractivity contribution in [1.82, 2.24) is 9.62 Å². The summed E-state index contributed by atoms with van der Waals surface area (Å²) in [6.45, 7) is 8.12. The van der Waals surface area contributed by atoms with Gasteiger partial charge in [0, 0.05) is 25.2 Å². The number of carbonyl (C=O) groups is 1. The second-order valence-electron chi connectivity index (χ2n) is 6.73. The molecule has 0 aliphatic rings. The quantitative estimate of drug-likeness (QED) is 0.629. The molecule has 0 spiro atoms. The van der Waals surface area contributed by atoms with Crippen LogP contribution in [-0.2, 0) is 14.8 Å². The molecule has 0 radical (unpaired) electrons. The van der Waals surface area contributed by atoms with Crippen LogP contribution in [0.3, 0.4) is 0 Å². The highest BCUT2D eigenvalue weighted by molar-refractivity contribution is 7.89. The molecule has 0 saturated heterocycles. The molecule has 1 aromatic carbocycles. The topological polar surface area (TPSA) is 78.5 Å². The van der Waals surface area contributed by atoms with Gasteiger partial charge in [0.05, 0.1) is 4.90 Å². The Balaban J connectivity index is 2.52. The van der Waals surface area contributed by atoms with Crippen LogP contribution in [0, 0.1) is 5.92 Å². The molecule has 1 aromatic rings. The number of amides is 1. The predicted molar refractivity (Wildman–Crippen MR) is 102 cm³/mol. The molecule has 0 fully saturated rings. The molecule has 25 heavy (non-hydrogen) atoms. The van der Waals surface area contributed by atoms with Crippen molar-refractivity contribution in [2.24, 2.45) is 5.92 Å². The van der Waals surface area contributed by atoms with Crippen molar-refractivity contribution in [1.29, 1.82) is 0 Å². The largest absolute Gasteiger partial charge is 0.326 e. The van der Waals surface area contributed by atoms with Crippen LogP contribution >= 0.6 is 0 Å². The number of nitrogens with zero attached hydrogens (tertiary/aromatic N) is 1. The number of carbonyl (C=O) groups excluding carboxylic acids is 1. The van der Waals surface area contributed by atoms with Crippen LogP contribution in [0.15, 0.2) is 29.2 Å².